The van der Waals surface area contributed by atoms with E-state index in [9.17, 15) is 9.59 Å². The van der Waals surface area contributed by atoms with Crippen molar-refractivity contribution in [3.8, 4) is 0 Å². The fourth-order valence-corrected chi connectivity index (χ4v) is 3.25. The van der Waals surface area contributed by atoms with E-state index < -0.39 is 12.0 Å². The van der Waals surface area contributed by atoms with Gasteiger partial charge >= 0.3 is 12.0 Å². The molecule has 2 amide bonds. The van der Waals surface area contributed by atoms with Crippen LogP contribution in [0.4, 0.5) is 4.79 Å². The van der Waals surface area contributed by atoms with Crippen LogP contribution in [0.25, 0.3) is 0 Å². The van der Waals surface area contributed by atoms with E-state index >= 15 is 0 Å². The summed E-state index contributed by atoms with van der Waals surface area (Å²) < 4.78 is 4.84. The fraction of sp³-hybridized carbons (Fsp3) is 0.556. The Bertz CT molecular complexity index is 522. The van der Waals surface area contributed by atoms with Gasteiger partial charge in [-0.05, 0) is 23.8 Å². The maximum atomic E-state index is 12.5. The Morgan fingerprint density at radius 1 is 1.22 bits per heavy atom. The van der Waals surface area contributed by atoms with Gasteiger partial charge < -0.3 is 15.0 Å². The third-order valence-corrected chi connectivity index (χ3v) is 4.22. The van der Waals surface area contributed by atoms with Crippen molar-refractivity contribution < 1.29 is 14.3 Å². The first-order chi connectivity index (χ1) is 11.0. The lowest BCUT2D eigenvalue weighted by Crippen LogP contribution is -2.52. The summed E-state index contributed by atoms with van der Waals surface area (Å²) in [4.78, 5) is 26.3. The van der Waals surface area contributed by atoms with E-state index in [1.54, 1.807) is 4.90 Å². The number of hydrogen-bond donors (Lipinski definition) is 1. The summed E-state index contributed by atoms with van der Waals surface area (Å²) in [6.07, 6.45) is 1.56. The van der Waals surface area contributed by atoms with Crippen molar-refractivity contribution in [3.63, 3.8) is 0 Å². The second-order valence-electron chi connectivity index (χ2n) is 6.57. The van der Waals surface area contributed by atoms with Crippen molar-refractivity contribution in [1.29, 1.82) is 0 Å². The standard InChI is InChI=1S/C18H26N2O3/c1-13-9-14(2)12-20(11-13)18(22)19-16(17(21)23-3)10-15-7-5-4-6-8-15/h4-8,13-14,16H,9-12H2,1-3H3,(H,19,22)/t13-,14-,16-/m0/s1. The second kappa shape index (κ2) is 7.99. The average molecular weight is 318 g/mol. The summed E-state index contributed by atoms with van der Waals surface area (Å²) in [5, 5.41) is 2.84. The number of carbonyl (C=O) groups excluding carboxylic acids is 2. The lowest BCUT2D eigenvalue weighted by molar-refractivity contribution is -0.142. The van der Waals surface area contributed by atoms with E-state index in [1.807, 2.05) is 30.3 Å². The Balaban J connectivity index is 2.02. The molecule has 3 atom stereocenters. The second-order valence-corrected chi connectivity index (χ2v) is 6.57. The molecule has 0 aliphatic carbocycles. The average Bonchev–Trinajstić information content (AvgIpc) is 2.53. The van der Waals surface area contributed by atoms with E-state index in [4.69, 9.17) is 4.74 Å². The number of urea groups is 1. The van der Waals surface area contributed by atoms with Gasteiger partial charge in [0.25, 0.3) is 0 Å². The van der Waals surface area contributed by atoms with Crippen LogP contribution < -0.4 is 5.32 Å². The molecule has 0 bridgehead atoms. The maximum absolute atomic E-state index is 12.5. The molecule has 0 aromatic heterocycles. The summed E-state index contributed by atoms with van der Waals surface area (Å²) in [6, 6.07) is 8.78. The highest BCUT2D eigenvalue weighted by atomic mass is 16.5. The molecule has 0 spiro atoms. The van der Waals surface area contributed by atoms with Crippen LogP contribution in [0.15, 0.2) is 30.3 Å². The van der Waals surface area contributed by atoms with Crippen LogP contribution in [0.2, 0.25) is 0 Å². The van der Waals surface area contributed by atoms with E-state index in [2.05, 4.69) is 19.2 Å². The van der Waals surface area contributed by atoms with Crippen molar-refractivity contribution >= 4 is 12.0 Å². The minimum atomic E-state index is -0.664. The monoisotopic (exact) mass is 318 g/mol. The number of methoxy groups -OCH3 is 1. The van der Waals surface area contributed by atoms with Crippen molar-refractivity contribution in [2.24, 2.45) is 11.8 Å². The van der Waals surface area contributed by atoms with Gasteiger partial charge in [-0.15, -0.1) is 0 Å². The third-order valence-electron chi connectivity index (χ3n) is 4.22. The molecule has 5 nitrogen and oxygen atoms in total. The van der Waals surface area contributed by atoms with Gasteiger partial charge in [0.2, 0.25) is 0 Å². The SMILES string of the molecule is COC(=O)[C@H](Cc1ccccc1)NC(=O)N1C[C@@H](C)C[C@H](C)C1. The van der Waals surface area contributed by atoms with Crippen LogP contribution in [0.1, 0.15) is 25.8 Å². The molecule has 0 radical (unpaired) electrons. The number of amides is 2. The summed E-state index contributed by atoms with van der Waals surface area (Å²) >= 11 is 0. The molecule has 1 heterocycles. The number of ether oxygens (including phenoxy) is 1. The largest absolute Gasteiger partial charge is 0.467 e. The zero-order valence-electron chi connectivity index (χ0n) is 14.1. The number of esters is 1. The predicted molar refractivity (Wildman–Crippen MR) is 89.0 cm³/mol. The highest BCUT2D eigenvalue weighted by molar-refractivity contribution is 5.83. The molecule has 1 aliphatic heterocycles. The number of nitrogens with zero attached hydrogens (tertiary/aromatic N) is 1. The number of rotatable bonds is 4. The normalized spacial score (nSPS) is 22.3. The van der Waals surface area contributed by atoms with Crippen LogP contribution in [-0.4, -0.2) is 43.1 Å². The van der Waals surface area contributed by atoms with Crippen LogP contribution in [0.3, 0.4) is 0 Å². The minimum Gasteiger partial charge on any atom is -0.467 e. The van der Waals surface area contributed by atoms with Gasteiger partial charge in [0.1, 0.15) is 6.04 Å². The van der Waals surface area contributed by atoms with Gasteiger partial charge in [0.15, 0.2) is 0 Å². The molecule has 1 saturated heterocycles. The Morgan fingerprint density at radius 2 is 1.83 bits per heavy atom. The molecule has 126 valence electrons. The lowest BCUT2D eigenvalue weighted by atomic mass is 9.92. The number of nitrogens with one attached hydrogen (secondary N) is 1. The van der Waals surface area contributed by atoms with Gasteiger partial charge in [-0.3, -0.25) is 0 Å². The molecule has 1 aromatic carbocycles. The third kappa shape index (κ3) is 4.98. The first-order valence-corrected chi connectivity index (χ1v) is 8.16. The van der Waals surface area contributed by atoms with Crippen molar-refractivity contribution in [1.82, 2.24) is 10.2 Å². The van der Waals surface area contributed by atoms with E-state index in [-0.39, 0.29) is 6.03 Å². The first kappa shape index (κ1) is 17.3. The fourth-order valence-electron chi connectivity index (χ4n) is 3.25. The number of hydrogen-bond acceptors (Lipinski definition) is 3. The Labute approximate surface area is 138 Å². The molecule has 1 N–H and O–H groups in total. The van der Waals surface area contributed by atoms with E-state index in [0.29, 0.717) is 18.3 Å². The van der Waals surface area contributed by atoms with Crippen LogP contribution in [0.5, 0.6) is 0 Å². The van der Waals surface area contributed by atoms with E-state index in [1.165, 1.54) is 7.11 Å². The van der Waals surface area contributed by atoms with Crippen molar-refractivity contribution in [2.75, 3.05) is 20.2 Å². The van der Waals surface area contributed by atoms with Gasteiger partial charge in [-0.2, -0.15) is 0 Å². The molecule has 5 heteroatoms. The number of likely N-dealkylation sites (tertiary alicyclic amines) is 1. The molecule has 2 rings (SSSR count). The van der Waals surface area contributed by atoms with Crippen LogP contribution in [0, 0.1) is 11.8 Å². The Morgan fingerprint density at radius 3 is 2.39 bits per heavy atom. The minimum absolute atomic E-state index is 0.185. The molecule has 0 unspecified atom stereocenters. The van der Waals surface area contributed by atoms with Crippen LogP contribution in [-0.2, 0) is 16.0 Å². The highest BCUT2D eigenvalue weighted by Crippen LogP contribution is 2.21. The number of piperidine rings is 1. The molecule has 1 aliphatic rings. The summed E-state index contributed by atoms with van der Waals surface area (Å²) in [5.74, 6) is 0.547. The Hall–Kier alpha value is -2.04. The summed E-state index contributed by atoms with van der Waals surface area (Å²) in [6.45, 7) is 5.76. The van der Waals surface area contributed by atoms with E-state index in [0.717, 1.165) is 25.1 Å². The molecule has 1 aromatic rings. The summed E-state index contributed by atoms with van der Waals surface area (Å²) in [5.41, 5.74) is 0.989. The maximum Gasteiger partial charge on any atom is 0.328 e. The van der Waals surface area contributed by atoms with Gasteiger partial charge in [-0.25, -0.2) is 9.59 Å². The van der Waals surface area contributed by atoms with Gasteiger partial charge in [0.05, 0.1) is 7.11 Å². The molecule has 1 fully saturated rings. The molecule has 0 saturated carbocycles. The Kier molecular flexibility index (Phi) is 6.02. The zero-order valence-corrected chi connectivity index (χ0v) is 14.1. The molecule has 23 heavy (non-hydrogen) atoms. The van der Waals surface area contributed by atoms with Crippen molar-refractivity contribution in [3.05, 3.63) is 35.9 Å². The number of benzene rings is 1. The lowest BCUT2D eigenvalue weighted by Gasteiger charge is -2.35. The van der Waals surface area contributed by atoms with Crippen LogP contribution >= 0.6 is 0 Å². The molecular formula is C18H26N2O3. The first-order valence-electron chi connectivity index (χ1n) is 8.16. The summed E-state index contributed by atoms with van der Waals surface area (Å²) in [7, 11) is 1.34. The van der Waals surface area contributed by atoms with Gasteiger partial charge in [-0.1, -0.05) is 44.2 Å². The smallest absolute Gasteiger partial charge is 0.328 e. The predicted octanol–water partition coefficient (Wildman–Crippen LogP) is 2.46. The highest BCUT2D eigenvalue weighted by Gasteiger charge is 2.29. The topological polar surface area (TPSA) is 58.6 Å². The van der Waals surface area contributed by atoms with Gasteiger partial charge in [0, 0.05) is 19.5 Å². The number of carbonyl (C=O) groups is 2. The molecular weight excluding hydrogens is 292 g/mol. The zero-order chi connectivity index (χ0) is 16.8. The quantitative estimate of drug-likeness (QED) is 0.868. The van der Waals surface area contributed by atoms with Crippen molar-refractivity contribution in [2.45, 2.75) is 32.7 Å².